The Morgan fingerprint density at radius 1 is 0.913 bits per heavy atom. The number of amides is 1. The van der Waals surface area contributed by atoms with Crippen LogP contribution < -0.4 is 5.32 Å². The fraction of sp³-hybridized carbons (Fsp3) is 0.167. The summed E-state index contributed by atoms with van der Waals surface area (Å²) < 4.78 is 5.13. The van der Waals surface area contributed by atoms with Crippen LogP contribution in [0.25, 0.3) is 0 Å². The number of anilines is 1. The third-order valence-electron chi connectivity index (χ3n) is 3.22. The molecule has 2 aromatic carbocycles. The van der Waals surface area contributed by atoms with E-state index in [0.717, 1.165) is 0 Å². The zero-order valence-electron chi connectivity index (χ0n) is 12.9. The van der Waals surface area contributed by atoms with E-state index >= 15 is 0 Å². The second-order valence-corrected chi connectivity index (χ2v) is 5.04. The summed E-state index contributed by atoms with van der Waals surface area (Å²) in [6.07, 6.45) is -0.935. The average molecular weight is 311 g/mol. The van der Waals surface area contributed by atoms with E-state index < -0.39 is 18.0 Å². The van der Waals surface area contributed by atoms with Crippen molar-refractivity contribution in [2.45, 2.75) is 20.0 Å². The smallest absolute Gasteiger partial charge is 0.338 e. The van der Waals surface area contributed by atoms with E-state index in [1.54, 1.807) is 54.6 Å². The zero-order chi connectivity index (χ0) is 16.8. The fourth-order valence-electron chi connectivity index (χ4n) is 1.89. The second-order valence-electron chi connectivity index (χ2n) is 5.04. The van der Waals surface area contributed by atoms with E-state index in [9.17, 15) is 14.4 Å². The Morgan fingerprint density at radius 3 is 2.09 bits per heavy atom. The minimum atomic E-state index is -0.935. The van der Waals surface area contributed by atoms with Gasteiger partial charge in [0.2, 0.25) is 0 Å². The van der Waals surface area contributed by atoms with Crippen molar-refractivity contribution in [2.75, 3.05) is 5.32 Å². The van der Waals surface area contributed by atoms with Crippen LogP contribution >= 0.6 is 0 Å². The van der Waals surface area contributed by atoms with E-state index in [0.29, 0.717) is 16.8 Å². The van der Waals surface area contributed by atoms with Gasteiger partial charge in [-0.05, 0) is 50.2 Å². The molecule has 0 aliphatic heterocycles. The number of rotatable bonds is 5. The van der Waals surface area contributed by atoms with Crippen LogP contribution in [-0.2, 0) is 9.53 Å². The number of hydrogen-bond donors (Lipinski definition) is 1. The largest absolute Gasteiger partial charge is 0.449 e. The van der Waals surface area contributed by atoms with E-state index in [1.807, 2.05) is 0 Å². The lowest BCUT2D eigenvalue weighted by molar-refractivity contribution is -0.123. The molecule has 0 fully saturated rings. The lowest BCUT2D eigenvalue weighted by Gasteiger charge is -2.13. The van der Waals surface area contributed by atoms with Crippen molar-refractivity contribution >= 4 is 23.3 Å². The summed E-state index contributed by atoms with van der Waals surface area (Å²) in [5, 5.41) is 2.64. The van der Waals surface area contributed by atoms with Gasteiger partial charge in [0.1, 0.15) is 0 Å². The number of hydrogen-bond acceptors (Lipinski definition) is 4. The van der Waals surface area contributed by atoms with Gasteiger partial charge in [-0.3, -0.25) is 9.59 Å². The fourth-order valence-corrected chi connectivity index (χ4v) is 1.89. The molecule has 0 saturated heterocycles. The molecule has 0 aliphatic rings. The molecule has 5 nitrogen and oxygen atoms in total. The highest BCUT2D eigenvalue weighted by atomic mass is 16.5. The summed E-state index contributed by atoms with van der Waals surface area (Å²) in [5.41, 5.74) is 1.48. The highest BCUT2D eigenvalue weighted by molar-refractivity contribution is 5.98. The van der Waals surface area contributed by atoms with Crippen LogP contribution in [0.1, 0.15) is 34.6 Å². The highest BCUT2D eigenvalue weighted by Gasteiger charge is 2.18. The predicted molar refractivity (Wildman–Crippen MR) is 86.4 cm³/mol. The van der Waals surface area contributed by atoms with Gasteiger partial charge < -0.3 is 10.1 Å². The summed E-state index contributed by atoms with van der Waals surface area (Å²) in [6.45, 7) is 2.97. The monoisotopic (exact) mass is 311 g/mol. The van der Waals surface area contributed by atoms with Gasteiger partial charge in [0, 0.05) is 11.3 Å². The van der Waals surface area contributed by atoms with Crippen LogP contribution in [-0.4, -0.2) is 23.8 Å². The van der Waals surface area contributed by atoms with Crippen molar-refractivity contribution in [1.82, 2.24) is 0 Å². The topological polar surface area (TPSA) is 72.5 Å². The zero-order valence-corrected chi connectivity index (χ0v) is 12.9. The minimum Gasteiger partial charge on any atom is -0.449 e. The molecule has 0 radical (unpaired) electrons. The van der Waals surface area contributed by atoms with Crippen LogP contribution in [0.5, 0.6) is 0 Å². The summed E-state index contributed by atoms with van der Waals surface area (Å²) in [5.74, 6) is -1.04. The number of carbonyl (C=O) groups is 3. The molecule has 1 amide bonds. The quantitative estimate of drug-likeness (QED) is 0.680. The molecule has 0 heterocycles. The van der Waals surface area contributed by atoms with E-state index in [2.05, 4.69) is 5.32 Å². The predicted octanol–water partition coefficient (Wildman–Crippen LogP) is 3.07. The molecule has 0 spiro atoms. The first kappa shape index (κ1) is 16.4. The maximum atomic E-state index is 12.0. The number of nitrogens with one attached hydrogen (secondary N) is 1. The Morgan fingerprint density at radius 2 is 1.52 bits per heavy atom. The molecule has 0 bridgehead atoms. The van der Waals surface area contributed by atoms with Crippen LogP contribution in [0.4, 0.5) is 5.69 Å². The van der Waals surface area contributed by atoms with Crippen molar-refractivity contribution in [2.24, 2.45) is 0 Å². The van der Waals surface area contributed by atoms with Crippen molar-refractivity contribution in [3.63, 3.8) is 0 Å². The number of esters is 1. The van der Waals surface area contributed by atoms with Gasteiger partial charge in [0.15, 0.2) is 11.9 Å². The number of ketones is 1. The molecule has 0 aliphatic carbocycles. The Hall–Kier alpha value is -2.95. The van der Waals surface area contributed by atoms with Crippen molar-refractivity contribution in [3.8, 4) is 0 Å². The van der Waals surface area contributed by atoms with Gasteiger partial charge in [-0.1, -0.05) is 18.2 Å². The molecular weight excluding hydrogens is 294 g/mol. The SMILES string of the molecule is CC(=O)c1ccc(NC(=O)[C@H](C)OC(=O)c2ccccc2)cc1. The standard InChI is InChI=1S/C18H17NO4/c1-12(20)14-8-10-16(11-9-14)19-17(21)13(2)23-18(22)15-6-4-3-5-7-15/h3-11,13H,1-2H3,(H,19,21)/t13-/m0/s1. The van der Waals surface area contributed by atoms with Crippen LogP contribution in [0.2, 0.25) is 0 Å². The van der Waals surface area contributed by atoms with E-state index in [4.69, 9.17) is 4.74 Å². The minimum absolute atomic E-state index is 0.0481. The first-order chi connectivity index (χ1) is 11.0. The Labute approximate surface area is 134 Å². The maximum Gasteiger partial charge on any atom is 0.338 e. The first-order valence-electron chi connectivity index (χ1n) is 7.15. The number of ether oxygens (including phenoxy) is 1. The van der Waals surface area contributed by atoms with Gasteiger partial charge in [-0.2, -0.15) is 0 Å². The Bertz CT molecular complexity index is 708. The lowest BCUT2D eigenvalue weighted by atomic mass is 10.1. The molecule has 2 rings (SSSR count). The molecule has 23 heavy (non-hydrogen) atoms. The van der Waals surface area contributed by atoms with Crippen LogP contribution in [0.15, 0.2) is 54.6 Å². The summed E-state index contributed by atoms with van der Waals surface area (Å²) >= 11 is 0. The molecule has 0 unspecified atom stereocenters. The number of carbonyl (C=O) groups excluding carboxylic acids is 3. The summed E-state index contributed by atoms with van der Waals surface area (Å²) in [6, 6.07) is 15.0. The Balaban J connectivity index is 1.94. The second kappa shape index (κ2) is 7.35. The molecular formula is C18H17NO4. The number of Topliss-reactive ketones (excluding diaryl/α,β-unsaturated/α-hetero) is 1. The van der Waals surface area contributed by atoms with Crippen molar-refractivity contribution in [1.29, 1.82) is 0 Å². The Kier molecular flexibility index (Phi) is 5.25. The average Bonchev–Trinajstić information content (AvgIpc) is 2.56. The van der Waals surface area contributed by atoms with E-state index in [1.165, 1.54) is 13.8 Å². The molecule has 1 atom stereocenters. The van der Waals surface area contributed by atoms with Crippen molar-refractivity contribution < 1.29 is 19.1 Å². The molecule has 118 valence electrons. The van der Waals surface area contributed by atoms with Gasteiger partial charge in [-0.15, -0.1) is 0 Å². The number of benzene rings is 2. The van der Waals surface area contributed by atoms with Crippen molar-refractivity contribution in [3.05, 3.63) is 65.7 Å². The molecule has 0 aromatic heterocycles. The van der Waals surface area contributed by atoms with E-state index in [-0.39, 0.29) is 5.78 Å². The molecule has 0 saturated carbocycles. The maximum absolute atomic E-state index is 12.0. The normalized spacial score (nSPS) is 11.4. The van der Waals surface area contributed by atoms with Gasteiger partial charge >= 0.3 is 5.97 Å². The van der Waals surface area contributed by atoms with Crippen LogP contribution in [0.3, 0.4) is 0 Å². The van der Waals surface area contributed by atoms with Crippen LogP contribution in [0, 0.1) is 0 Å². The molecule has 2 aromatic rings. The molecule has 5 heteroatoms. The highest BCUT2D eigenvalue weighted by Crippen LogP contribution is 2.11. The molecule has 1 N–H and O–H groups in total. The van der Waals surface area contributed by atoms with Gasteiger partial charge in [0.05, 0.1) is 5.56 Å². The van der Waals surface area contributed by atoms with Gasteiger partial charge in [-0.25, -0.2) is 4.79 Å². The first-order valence-corrected chi connectivity index (χ1v) is 7.15. The third kappa shape index (κ3) is 4.51. The summed E-state index contributed by atoms with van der Waals surface area (Å²) in [7, 11) is 0. The third-order valence-corrected chi connectivity index (χ3v) is 3.22. The lowest BCUT2D eigenvalue weighted by Crippen LogP contribution is -2.30. The van der Waals surface area contributed by atoms with Gasteiger partial charge in [0.25, 0.3) is 5.91 Å². The summed E-state index contributed by atoms with van der Waals surface area (Å²) in [4.78, 5) is 35.1.